The van der Waals surface area contributed by atoms with Gasteiger partial charge >= 0.3 is 11.9 Å². The summed E-state index contributed by atoms with van der Waals surface area (Å²) in [5, 5.41) is 9.54. The number of hydrogen-bond donors (Lipinski definition) is 1. The second-order valence-electron chi connectivity index (χ2n) is 10.3. The van der Waals surface area contributed by atoms with E-state index in [0.29, 0.717) is 48.5 Å². The van der Waals surface area contributed by atoms with E-state index in [4.69, 9.17) is 4.74 Å². The summed E-state index contributed by atoms with van der Waals surface area (Å²) in [5.74, 6) is -0.188. The molecule has 4 heteroatoms. The van der Waals surface area contributed by atoms with Gasteiger partial charge < -0.3 is 9.84 Å². The molecule has 0 aliphatic heterocycles. The molecule has 0 aromatic heterocycles. The molecule has 0 saturated heterocycles. The summed E-state index contributed by atoms with van der Waals surface area (Å²) < 4.78 is 5.79. The Kier molecular flexibility index (Phi) is 8.39. The van der Waals surface area contributed by atoms with E-state index in [0.717, 1.165) is 12.8 Å². The molecule has 0 bridgehead atoms. The third-order valence-corrected chi connectivity index (χ3v) is 7.95. The number of rotatable bonds is 8. The summed E-state index contributed by atoms with van der Waals surface area (Å²) >= 11 is 0. The van der Waals surface area contributed by atoms with Crippen molar-refractivity contribution in [3.05, 3.63) is 0 Å². The number of unbranched alkanes of at least 4 members (excludes halogenated alkanes) is 2. The number of ether oxygens (including phenoxy) is 1. The van der Waals surface area contributed by atoms with Gasteiger partial charge in [-0.15, -0.1) is 0 Å². The number of esters is 1. The Labute approximate surface area is 171 Å². The maximum absolute atomic E-state index is 12.8. The van der Waals surface area contributed by atoms with Crippen LogP contribution >= 0.6 is 0 Å². The number of carboxylic acid groups (broad SMARTS) is 1. The predicted octanol–water partition coefficient (Wildman–Crippen LogP) is 5.94. The first-order valence-corrected chi connectivity index (χ1v) is 11.6. The molecular weight excluding hydrogens is 352 g/mol. The fourth-order valence-corrected chi connectivity index (χ4v) is 5.54. The van der Waals surface area contributed by atoms with Crippen LogP contribution in [0.3, 0.4) is 0 Å². The van der Waals surface area contributed by atoms with Crippen molar-refractivity contribution in [2.24, 2.45) is 40.9 Å². The molecular formula is C24H42O4. The van der Waals surface area contributed by atoms with E-state index in [2.05, 4.69) is 34.6 Å². The van der Waals surface area contributed by atoms with Crippen LogP contribution in [0.4, 0.5) is 0 Å². The molecule has 0 radical (unpaired) electrons. The van der Waals surface area contributed by atoms with Crippen LogP contribution in [0.2, 0.25) is 0 Å². The first-order valence-electron chi connectivity index (χ1n) is 11.6. The average molecular weight is 395 g/mol. The number of hydrogen-bond acceptors (Lipinski definition) is 3. The van der Waals surface area contributed by atoms with Crippen LogP contribution in [0.15, 0.2) is 0 Å². The Morgan fingerprint density at radius 2 is 1.79 bits per heavy atom. The molecule has 0 aromatic rings. The summed E-state index contributed by atoms with van der Waals surface area (Å²) in [6.45, 7) is 11.9. The molecule has 6 atom stereocenters. The van der Waals surface area contributed by atoms with Crippen molar-refractivity contribution in [3.63, 3.8) is 0 Å². The second-order valence-corrected chi connectivity index (χ2v) is 10.3. The van der Waals surface area contributed by atoms with Gasteiger partial charge in [0.1, 0.15) is 0 Å². The van der Waals surface area contributed by atoms with Crippen LogP contribution in [0.5, 0.6) is 0 Å². The Morgan fingerprint density at radius 3 is 2.43 bits per heavy atom. The van der Waals surface area contributed by atoms with E-state index in [1.54, 1.807) is 0 Å². The highest BCUT2D eigenvalue weighted by Crippen LogP contribution is 2.48. The van der Waals surface area contributed by atoms with Gasteiger partial charge in [-0.3, -0.25) is 9.59 Å². The highest BCUT2D eigenvalue weighted by atomic mass is 16.5. The van der Waals surface area contributed by atoms with E-state index in [1.165, 1.54) is 32.1 Å². The lowest BCUT2D eigenvalue weighted by atomic mass is 9.59. The Morgan fingerprint density at radius 1 is 1.07 bits per heavy atom. The lowest BCUT2D eigenvalue weighted by molar-refractivity contribution is -0.162. The quantitative estimate of drug-likeness (QED) is 0.409. The molecule has 0 heterocycles. The highest BCUT2D eigenvalue weighted by molar-refractivity contribution is 5.81. The smallest absolute Gasteiger partial charge is 0.309 e. The molecule has 2 rings (SSSR count). The van der Waals surface area contributed by atoms with E-state index in [1.807, 2.05) is 0 Å². The molecule has 0 spiro atoms. The van der Waals surface area contributed by atoms with Crippen molar-refractivity contribution >= 4 is 11.9 Å². The fourth-order valence-electron chi connectivity index (χ4n) is 5.54. The van der Waals surface area contributed by atoms with Gasteiger partial charge in [-0.25, -0.2) is 0 Å². The lowest BCUT2D eigenvalue weighted by Crippen LogP contribution is -2.41. The van der Waals surface area contributed by atoms with Gasteiger partial charge in [-0.05, 0) is 67.6 Å². The Balaban J connectivity index is 1.98. The zero-order valence-corrected chi connectivity index (χ0v) is 18.7. The van der Waals surface area contributed by atoms with Crippen LogP contribution in [-0.4, -0.2) is 23.7 Å². The van der Waals surface area contributed by atoms with Crippen molar-refractivity contribution in [1.82, 2.24) is 0 Å². The summed E-state index contributed by atoms with van der Waals surface area (Å²) in [6, 6.07) is 0. The summed E-state index contributed by atoms with van der Waals surface area (Å²) in [5.41, 5.74) is 0.339. The van der Waals surface area contributed by atoms with Crippen molar-refractivity contribution < 1.29 is 19.4 Å². The van der Waals surface area contributed by atoms with Gasteiger partial charge in [0, 0.05) is 0 Å². The van der Waals surface area contributed by atoms with Crippen molar-refractivity contribution in [1.29, 1.82) is 0 Å². The van der Waals surface area contributed by atoms with Gasteiger partial charge in [-0.1, -0.05) is 53.9 Å². The minimum Gasteiger partial charge on any atom is -0.481 e. The zero-order chi connectivity index (χ0) is 20.9. The summed E-state index contributed by atoms with van der Waals surface area (Å²) in [6.07, 6.45) is 9.35. The number of aliphatic carboxylic acids is 1. The molecule has 2 saturated carbocycles. The minimum atomic E-state index is -0.848. The van der Waals surface area contributed by atoms with Crippen LogP contribution in [0.25, 0.3) is 0 Å². The Bertz CT molecular complexity index is 527. The standard InChI is InChI=1S/C24H42O4/c1-6-7-8-9-19-17(3)24(4,5)13-12-18(19)15-28-23(27)20-11-10-16(2)14-21(20)22(25)26/h16-21H,6-15H2,1-5H3,(H,25,26). The largest absolute Gasteiger partial charge is 0.481 e. The van der Waals surface area contributed by atoms with Gasteiger partial charge in [0.25, 0.3) is 0 Å². The monoisotopic (exact) mass is 394 g/mol. The Hall–Kier alpha value is -1.06. The molecule has 162 valence electrons. The maximum Gasteiger partial charge on any atom is 0.309 e. The van der Waals surface area contributed by atoms with E-state index >= 15 is 0 Å². The molecule has 4 nitrogen and oxygen atoms in total. The maximum atomic E-state index is 12.8. The molecule has 1 N–H and O–H groups in total. The van der Waals surface area contributed by atoms with Crippen LogP contribution in [0, 0.1) is 40.9 Å². The molecule has 2 aliphatic rings. The molecule has 6 unspecified atom stereocenters. The summed E-state index contributed by atoms with van der Waals surface area (Å²) in [4.78, 5) is 24.4. The lowest BCUT2D eigenvalue weighted by Gasteiger charge is -2.47. The van der Waals surface area contributed by atoms with Gasteiger partial charge in [-0.2, -0.15) is 0 Å². The SMILES string of the molecule is CCCCCC1C(COC(=O)C2CCC(C)CC2C(=O)O)CCC(C)(C)C1C. The summed E-state index contributed by atoms with van der Waals surface area (Å²) in [7, 11) is 0. The minimum absolute atomic E-state index is 0.274. The van der Waals surface area contributed by atoms with Crippen LogP contribution in [0.1, 0.15) is 92.4 Å². The van der Waals surface area contributed by atoms with E-state index in [9.17, 15) is 14.7 Å². The van der Waals surface area contributed by atoms with Crippen molar-refractivity contribution in [2.75, 3.05) is 6.61 Å². The van der Waals surface area contributed by atoms with Crippen molar-refractivity contribution in [2.45, 2.75) is 92.4 Å². The number of carboxylic acids is 1. The van der Waals surface area contributed by atoms with E-state index in [-0.39, 0.29) is 5.97 Å². The number of carbonyl (C=O) groups excluding carboxylic acids is 1. The third-order valence-electron chi connectivity index (χ3n) is 7.95. The molecule has 2 aliphatic carbocycles. The van der Waals surface area contributed by atoms with Gasteiger partial charge in [0.15, 0.2) is 0 Å². The third kappa shape index (κ3) is 5.73. The number of carbonyl (C=O) groups is 2. The normalized spacial score (nSPS) is 35.3. The van der Waals surface area contributed by atoms with Crippen molar-refractivity contribution in [3.8, 4) is 0 Å². The highest BCUT2D eigenvalue weighted by Gasteiger charge is 2.43. The second kappa shape index (κ2) is 10.1. The molecule has 2 fully saturated rings. The topological polar surface area (TPSA) is 63.6 Å². The van der Waals surface area contributed by atoms with Gasteiger partial charge in [0.05, 0.1) is 18.4 Å². The molecule has 28 heavy (non-hydrogen) atoms. The average Bonchev–Trinajstić information content (AvgIpc) is 2.64. The first-order chi connectivity index (χ1) is 13.2. The molecule has 0 amide bonds. The van der Waals surface area contributed by atoms with Crippen LogP contribution < -0.4 is 0 Å². The fraction of sp³-hybridized carbons (Fsp3) is 0.917. The van der Waals surface area contributed by atoms with Crippen LogP contribution in [-0.2, 0) is 14.3 Å². The van der Waals surface area contributed by atoms with Gasteiger partial charge in [0.2, 0.25) is 0 Å². The van der Waals surface area contributed by atoms with E-state index < -0.39 is 17.8 Å². The molecule has 0 aromatic carbocycles. The zero-order valence-electron chi connectivity index (χ0n) is 18.7. The predicted molar refractivity (Wildman–Crippen MR) is 112 cm³/mol. The first kappa shape index (κ1) is 23.2.